The lowest BCUT2D eigenvalue weighted by molar-refractivity contribution is 0.710. The Morgan fingerprint density at radius 3 is 2.00 bits per heavy atom. The van der Waals surface area contributed by atoms with Gasteiger partial charge in [0, 0.05) is 0 Å². The highest BCUT2D eigenvalue weighted by molar-refractivity contribution is 5.51. The van der Waals surface area contributed by atoms with E-state index in [1.807, 2.05) is 0 Å². The molecule has 0 unspecified atom stereocenters. The summed E-state index contributed by atoms with van der Waals surface area (Å²) in [5.74, 6) is 0. The van der Waals surface area contributed by atoms with Crippen LogP contribution in [0, 0.1) is 20.8 Å². The van der Waals surface area contributed by atoms with E-state index in [2.05, 4.69) is 33.0 Å². The minimum absolute atomic E-state index is 1.14. The van der Waals surface area contributed by atoms with Gasteiger partial charge in [0.1, 0.15) is 0 Å². The molecule has 0 spiro atoms. The number of hydrogen-bond donors (Lipinski definition) is 1. The van der Waals surface area contributed by atoms with Crippen LogP contribution in [0.15, 0.2) is 0 Å². The zero-order valence-electron chi connectivity index (χ0n) is 11.0. The number of hydrogen-bond acceptors (Lipinski definition) is 1. The van der Waals surface area contributed by atoms with Crippen LogP contribution >= 0.6 is 0 Å². The molecule has 2 rings (SSSR count). The SMILES string of the molecule is CCc1c(C)c(C)c2c(c1C)CCNCC2. The molecule has 0 saturated heterocycles. The standard InChI is InChI=1S/C15H23N/c1-5-13-10(2)11(3)14-6-8-16-9-7-15(14)12(13)4/h16H,5-9H2,1-4H3. The Hall–Kier alpha value is -0.820. The van der Waals surface area contributed by atoms with Crippen molar-refractivity contribution in [2.24, 2.45) is 0 Å². The third-order valence-corrected chi connectivity index (χ3v) is 4.19. The molecule has 1 heterocycles. The highest BCUT2D eigenvalue weighted by atomic mass is 14.8. The summed E-state index contributed by atoms with van der Waals surface area (Å²) >= 11 is 0. The van der Waals surface area contributed by atoms with Gasteiger partial charge < -0.3 is 5.32 Å². The van der Waals surface area contributed by atoms with Crippen molar-refractivity contribution in [1.29, 1.82) is 0 Å². The maximum absolute atomic E-state index is 3.51. The first-order valence-electron chi connectivity index (χ1n) is 6.47. The lowest BCUT2D eigenvalue weighted by atomic mass is 9.85. The van der Waals surface area contributed by atoms with Gasteiger partial charge in [-0.1, -0.05) is 6.92 Å². The average molecular weight is 217 g/mol. The molecule has 0 aromatic heterocycles. The highest BCUT2D eigenvalue weighted by Crippen LogP contribution is 2.29. The van der Waals surface area contributed by atoms with Crippen LogP contribution in [0.25, 0.3) is 0 Å². The molecule has 0 bridgehead atoms. The summed E-state index contributed by atoms with van der Waals surface area (Å²) in [5, 5.41) is 3.51. The summed E-state index contributed by atoms with van der Waals surface area (Å²) in [7, 11) is 0. The van der Waals surface area contributed by atoms with Gasteiger partial charge in [0.05, 0.1) is 0 Å². The van der Waals surface area contributed by atoms with Gasteiger partial charge in [-0.3, -0.25) is 0 Å². The molecular weight excluding hydrogens is 194 g/mol. The van der Waals surface area contributed by atoms with Crippen molar-refractivity contribution in [3.05, 3.63) is 33.4 Å². The van der Waals surface area contributed by atoms with Crippen LogP contribution < -0.4 is 5.32 Å². The maximum Gasteiger partial charge on any atom is -0.000802 e. The Bertz CT molecular complexity index is 405. The van der Waals surface area contributed by atoms with Crippen LogP contribution in [0.4, 0.5) is 0 Å². The van der Waals surface area contributed by atoms with E-state index in [4.69, 9.17) is 0 Å². The number of nitrogens with one attached hydrogen (secondary N) is 1. The molecule has 88 valence electrons. The fraction of sp³-hybridized carbons (Fsp3) is 0.600. The van der Waals surface area contributed by atoms with Gasteiger partial charge in [-0.15, -0.1) is 0 Å². The zero-order chi connectivity index (χ0) is 11.7. The highest BCUT2D eigenvalue weighted by Gasteiger charge is 2.17. The van der Waals surface area contributed by atoms with Gasteiger partial charge in [-0.25, -0.2) is 0 Å². The molecule has 0 saturated carbocycles. The van der Waals surface area contributed by atoms with E-state index in [1.165, 1.54) is 24.8 Å². The molecular formula is C15H23N. The van der Waals surface area contributed by atoms with Gasteiger partial charge in [-0.2, -0.15) is 0 Å². The second-order valence-corrected chi connectivity index (χ2v) is 4.91. The third kappa shape index (κ3) is 1.78. The topological polar surface area (TPSA) is 12.0 Å². The van der Waals surface area contributed by atoms with Crippen molar-refractivity contribution in [1.82, 2.24) is 5.32 Å². The predicted octanol–water partition coefficient (Wildman–Crippen LogP) is 2.86. The van der Waals surface area contributed by atoms with Crippen molar-refractivity contribution >= 4 is 0 Å². The van der Waals surface area contributed by atoms with Crippen molar-refractivity contribution in [2.45, 2.75) is 47.0 Å². The summed E-state index contributed by atoms with van der Waals surface area (Å²) in [5.41, 5.74) is 9.46. The monoisotopic (exact) mass is 217 g/mol. The molecule has 0 amide bonds. The molecule has 1 aliphatic rings. The van der Waals surface area contributed by atoms with E-state index in [0.717, 1.165) is 13.1 Å². The molecule has 1 heteroatoms. The quantitative estimate of drug-likeness (QED) is 0.762. The van der Waals surface area contributed by atoms with Crippen LogP contribution in [0.1, 0.15) is 40.3 Å². The fourth-order valence-electron chi connectivity index (χ4n) is 3.13. The minimum Gasteiger partial charge on any atom is -0.316 e. The Balaban J connectivity index is 2.65. The third-order valence-electron chi connectivity index (χ3n) is 4.19. The van der Waals surface area contributed by atoms with Crippen molar-refractivity contribution in [2.75, 3.05) is 13.1 Å². The first-order valence-corrected chi connectivity index (χ1v) is 6.47. The molecule has 1 aliphatic heterocycles. The lowest BCUT2D eigenvalue weighted by Crippen LogP contribution is -2.16. The van der Waals surface area contributed by atoms with Crippen LogP contribution in [-0.4, -0.2) is 13.1 Å². The Labute approximate surface area is 99.3 Å². The predicted molar refractivity (Wildman–Crippen MR) is 70.3 cm³/mol. The summed E-state index contributed by atoms with van der Waals surface area (Å²) in [6.45, 7) is 11.5. The fourth-order valence-corrected chi connectivity index (χ4v) is 3.13. The molecule has 0 atom stereocenters. The van der Waals surface area contributed by atoms with E-state index >= 15 is 0 Å². The summed E-state index contributed by atoms with van der Waals surface area (Å²) < 4.78 is 0. The van der Waals surface area contributed by atoms with Gasteiger partial charge >= 0.3 is 0 Å². The molecule has 16 heavy (non-hydrogen) atoms. The van der Waals surface area contributed by atoms with E-state index < -0.39 is 0 Å². The second-order valence-electron chi connectivity index (χ2n) is 4.91. The van der Waals surface area contributed by atoms with Crippen LogP contribution in [0.2, 0.25) is 0 Å². The van der Waals surface area contributed by atoms with Crippen molar-refractivity contribution < 1.29 is 0 Å². The Morgan fingerprint density at radius 1 is 0.875 bits per heavy atom. The van der Waals surface area contributed by atoms with Crippen molar-refractivity contribution in [3.8, 4) is 0 Å². The molecule has 0 radical (unpaired) electrons. The summed E-state index contributed by atoms with van der Waals surface area (Å²) in [6, 6.07) is 0. The van der Waals surface area contributed by atoms with E-state index in [9.17, 15) is 0 Å². The Kier molecular flexibility index (Phi) is 3.34. The maximum atomic E-state index is 3.51. The van der Waals surface area contributed by atoms with E-state index in [0.29, 0.717) is 0 Å². The molecule has 0 fully saturated rings. The van der Waals surface area contributed by atoms with Gasteiger partial charge in [0.2, 0.25) is 0 Å². The first kappa shape index (κ1) is 11.7. The second kappa shape index (κ2) is 4.58. The lowest BCUT2D eigenvalue weighted by Gasteiger charge is -2.20. The minimum atomic E-state index is 1.14. The summed E-state index contributed by atoms with van der Waals surface area (Å²) in [4.78, 5) is 0. The van der Waals surface area contributed by atoms with E-state index in [-0.39, 0.29) is 0 Å². The number of fused-ring (bicyclic) bond motifs is 1. The average Bonchev–Trinajstić information content (AvgIpc) is 2.52. The molecule has 0 aliphatic carbocycles. The summed E-state index contributed by atoms with van der Waals surface area (Å²) in [6.07, 6.45) is 3.57. The molecule has 1 aromatic carbocycles. The van der Waals surface area contributed by atoms with Crippen LogP contribution in [-0.2, 0) is 19.3 Å². The Morgan fingerprint density at radius 2 is 1.44 bits per heavy atom. The molecule has 1 N–H and O–H groups in total. The molecule has 1 nitrogen and oxygen atoms in total. The molecule has 1 aromatic rings. The van der Waals surface area contributed by atoms with E-state index in [1.54, 1.807) is 27.8 Å². The largest absolute Gasteiger partial charge is 0.316 e. The van der Waals surface area contributed by atoms with Gasteiger partial charge in [0.25, 0.3) is 0 Å². The van der Waals surface area contributed by atoms with Crippen LogP contribution in [0.5, 0.6) is 0 Å². The van der Waals surface area contributed by atoms with Crippen molar-refractivity contribution in [3.63, 3.8) is 0 Å². The smallest absolute Gasteiger partial charge is 0.000802 e. The first-order chi connectivity index (χ1) is 7.66. The normalized spacial score (nSPS) is 15.8. The van der Waals surface area contributed by atoms with Gasteiger partial charge in [0.15, 0.2) is 0 Å². The van der Waals surface area contributed by atoms with Gasteiger partial charge in [-0.05, 0) is 86.5 Å². The zero-order valence-corrected chi connectivity index (χ0v) is 11.0. The number of benzene rings is 1. The number of rotatable bonds is 1. The van der Waals surface area contributed by atoms with Crippen LogP contribution in [0.3, 0.4) is 0 Å².